The van der Waals surface area contributed by atoms with Crippen molar-refractivity contribution in [1.82, 2.24) is 14.8 Å². The van der Waals surface area contributed by atoms with Crippen LogP contribution in [-0.4, -0.2) is 55.2 Å². The van der Waals surface area contributed by atoms with E-state index in [1.807, 2.05) is 24.4 Å². The fourth-order valence-electron chi connectivity index (χ4n) is 3.41. The summed E-state index contributed by atoms with van der Waals surface area (Å²) in [6.45, 7) is 5.06. The van der Waals surface area contributed by atoms with Gasteiger partial charge in [-0.25, -0.2) is 4.39 Å². The van der Waals surface area contributed by atoms with Gasteiger partial charge >= 0.3 is 0 Å². The number of aromatic nitrogens is 1. The first-order valence-electron chi connectivity index (χ1n) is 9.79. The summed E-state index contributed by atoms with van der Waals surface area (Å²) in [5.41, 5.74) is 1.10. The van der Waals surface area contributed by atoms with E-state index in [9.17, 15) is 9.18 Å². The zero-order valence-corrected chi connectivity index (χ0v) is 16.4. The highest BCUT2D eigenvalue weighted by molar-refractivity contribution is 5.80. The monoisotopic (exact) mass is 385 g/mol. The number of nitrogens with one attached hydrogen (secondary N) is 1. The number of aliphatic imine (C=N–C) groups is 1. The Balaban J connectivity index is 1.39. The second-order valence-corrected chi connectivity index (χ2v) is 6.86. The zero-order chi connectivity index (χ0) is 19.8. The first-order chi connectivity index (χ1) is 13.7. The molecule has 0 radical (unpaired) electrons. The molecular weight excluding hydrogens is 357 g/mol. The van der Waals surface area contributed by atoms with Gasteiger partial charge in [-0.1, -0.05) is 6.07 Å². The van der Waals surface area contributed by atoms with Crippen molar-refractivity contribution in [2.45, 2.75) is 19.4 Å². The van der Waals surface area contributed by atoms with Crippen LogP contribution < -0.4 is 15.8 Å². The number of unbranched alkanes of at least 4 members (excludes halogenated alkanes) is 1. The smallest absolute Gasteiger partial charge is 0.250 e. The quantitative estimate of drug-likeness (QED) is 0.470. The number of halogens is 1. The van der Waals surface area contributed by atoms with E-state index in [0.717, 1.165) is 63.8 Å². The van der Waals surface area contributed by atoms with Crippen LogP contribution in [-0.2, 0) is 6.54 Å². The largest absolute Gasteiger partial charge is 0.368 e. The summed E-state index contributed by atoms with van der Waals surface area (Å²) >= 11 is 0. The number of benzene rings is 1. The molecule has 2 aromatic rings. The molecule has 0 saturated carbocycles. The maximum absolute atomic E-state index is 13.1. The molecule has 1 fully saturated rings. The van der Waals surface area contributed by atoms with E-state index in [1.54, 1.807) is 23.7 Å². The topological polar surface area (TPSA) is 52.9 Å². The minimum atomic E-state index is -0.205. The number of aryl methyl sites for hydroxylation is 1. The Hall–Kier alpha value is -2.83. The van der Waals surface area contributed by atoms with E-state index in [1.165, 1.54) is 12.1 Å². The lowest BCUT2D eigenvalue weighted by molar-refractivity contribution is 0.372. The summed E-state index contributed by atoms with van der Waals surface area (Å²) in [4.78, 5) is 20.6. The van der Waals surface area contributed by atoms with Gasteiger partial charge in [-0.3, -0.25) is 9.79 Å². The van der Waals surface area contributed by atoms with Gasteiger partial charge in [0, 0.05) is 64.3 Å². The number of pyridine rings is 1. The highest BCUT2D eigenvalue weighted by Crippen LogP contribution is 2.16. The Kier molecular flexibility index (Phi) is 7.06. The average molecular weight is 385 g/mol. The number of hydrogen-bond acceptors (Lipinski definition) is 3. The van der Waals surface area contributed by atoms with Crippen LogP contribution in [0.3, 0.4) is 0 Å². The highest BCUT2D eigenvalue weighted by Gasteiger charge is 2.19. The predicted octanol–water partition coefficient (Wildman–Crippen LogP) is 2.17. The lowest BCUT2D eigenvalue weighted by atomic mass is 10.2. The van der Waals surface area contributed by atoms with Gasteiger partial charge in [0.2, 0.25) is 5.56 Å². The molecule has 0 bridgehead atoms. The fraction of sp³-hybridized carbons (Fsp3) is 0.429. The predicted molar refractivity (Wildman–Crippen MR) is 111 cm³/mol. The van der Waals surface area contributed by atoms with Crippen molar-refractivity contribution < 1.29 is 4.39 Å². The Labute approximate surface area is 165 Å². The van der Waals surface area contributed by atoms with E-state index >= 15 is 0 Å². The second kappa shape index (κ2) is 9.92. The van der Waals surface area contributed by atoms with E-state index in [-0.39, 0.29) is 11.4 Å². The number of anilines is 1. The molecule has 150 valence electrons. The van der Waals surface area contributed by atoms with Crippen molar-refractivity contribution in [1.29, 1.82) is 0 Å². The van der Waals surface area contributed by atoms with Gasteiger partial charge in [-0.2, -0.15) is 0 Å². The van der Waals surface area contributed by atoms with Crippen LogP contribution in [0.2, 0.25) is 0 Å². The minimum Gasteiger partial charge on any atom is -0.368 e. The van der Waals surface area contributed by atoms with E-state index < -0.39 is 0 Å². The van der Waals surface area contributed by atoms with Crippen molar-refractivity contribution in [3.63, 3.8) is 0 Å². The molecule has 1 aromatic carbocycles. The molecule has 2 heterocycles. The van der Waals surface area contributed by atoms with Gasteiger partial charge in [0.05, 0.1) is 0 Å². The summed E-state index contributed by atoms with van der Waals surface area (Å²) in [5.74, 6) is 0.708. The standard InChI is InChI=1S/C21H28FN5O/c1-23-21(24-11-3-5-13-26-12-4-2-6-20(26)28)27-16-14-25(15-17-27)19-9-7-18(22)8-10-19/h2,4,6-10,12H,3,5,11,13-17H2,1H3,(H,23,24). The van der Waals surface area contributed by atoms with Gasteiger partial charge in [0.15, 0.2) is 5.96 Å². The molecule has 1 saturated heterocycles. The maximum atomic E-state index is 13.1. The fourth-order valence-corrected chi connectivity index (χ4v) is 3.41. The van der Waals surface area contributed by atoms with Crippen LogP contribution in [0.25, 0.3) is 0 Å². The molecule has 0 unspecified atom stereocenters. The molecule has 1 aliphatic rings. The number of guanidine groups is 1. The number of rotatable bonds is 6. The van der Waals surface area contributed by atoms with Crippen molar-refractivity contribution in [2.75, 3.05) is 44.7 Å². The Morgan fingerprint density at radius 2 is 1.82 bits per heavy atom. The molecule has 1 aliphatic heterocycles. The van der Waals surface area contributed by atoms with Crippen molar-refractivity contribution >= 4 is 11.6 Å². The van der Waals surface area contributed by atoms with Crippen molar-refractivity contribution in [2.24, 2.45) is 4.99 Å². The molecule has 0 atom stereocenters. The molecule has 1 aromatic heterocycles. The summed E-state index contributed by atoms with van der Waals surface area (Å²) in [5, 5.41) is 3.42. The summed E-state index contributed by atoms with van der Waals surface area (Å²) in [7, 11) is 1.80. The lowest BCUT2D eigenvalue weighted by Crippen LogP contribution is -2.52. The molecule has 0 amide bonds. The molecule has 3 rings (SSSR count). The third kappa shape index (κ3) is 5.34. The average Bonchev–Trinajstić information content (AvgIpc) is 2.73. The van der Waals surface area contributed by atoms with Crippen LogP contribution in [0, 0.1) is 5.82 Å². The van der Waals surface area contributed by atoms with E-state index in [2.05, 4.69) is 20.1 Å². The molecule has 7 heteroatoms. The van der Waals surface area contributed by atoms with Crippen LogP contribution in [0.15, 0.2) is 58.4 Å². The Bertz CT molecular complexity index is 825. The van der Waals surface area contributed by atoms with Crippen molar-refractivity contribution in [3.8, 4) is 0 Å². The van der Waals surface area contributed by atoms with Crippen LogP contribution in [0.5, 0.6) is 0 Å². The van der Waals surface area contributed by atoms with Gasteiger partial charge < -0.3 is 19.7 Å². The van der Waals surface area contributed by atoms with Gasteiger partial charge in [-0.15, -0.1) is 0 Å². The second-order valence-electron chi connectivity index (χ2n) is 6.86. The third-order valence-corrected chi connectivity index (χ3v) is 4.99. The summed E-state index contributed by atoms with van der Waals surface area (Å²) in [6, 6.07) is 11.9. The first-order valence-corrected chi connectivity index (χ1v) is 9.79. The molecular formula is C21H28FN5O. The Morgan fingerprint density at radius 3 is 2.50 bits per heavy atom. The molecule has 0 aliphatic carbocycles. The maximum Gasteiger partial charge on any atom is 0.250 e. The van der Waals surface area contributed by atoms with Crippen molar-refractivity contribution in [3.05, 3.63) is 64.8 Å². The number of nitrogens with zero attached hydrogens (tertiary/aromatic N) is 4. The first kappa shape index (κ1) is 19.9. The molecule has 1 N–H and O–H groups in total. The van der Waals surface area contributed by atoms with Gasteiger partial charge in [-0.05, 0) is 43.2 Å². The van der Waals surface area contributed by atoms with Gasteiger partial charge in [0.1, 0.15) is 5.82 Å². The van der Waals surface area contributed by atoms with Crippen LogP contribution in [0.4, 0.5) is 10.1 Å². The van der Waals surface area contributed by atoms with E-state index in [0.29, 0.717) is 0 Å². The Morgan fingerprint density at radius 1 is 1.07 bits per heavy atom. The normalized spacial score (nSPS) is 15.0. The summed E-state index contributed by atoms with van der Waals surface area (Å²) < 4.78 is 14.8. The lowest BCUT2D eigenvalue weighted by Gasteiger charge is -2.37. The SMILES string of the molecule is CN=C(NCCCCn1ccccc1=O)N1CCN(c2ccc(F)cc2)CC1. The summed E-state index contributed by atoms with van der Waals surface area (Å²) in [6.07, 6.45) is 3.73. The highest BCUT2D eigenvalue weighted by atomic mass is 19.1. The van der Waals surface area contributed by atoms with Crippen LogP contribution in [0.1, 0.15) is 12.8 Å². The number of piperazine rings is 1. The van der Waals surface area contributed by atoms with Crippen LogP contribution >= 0.6 is 0 Å². The van der Waals surface area contributed by atoms with Gasteiger partial charge in [0.25, 0.3) is 0 Å². The minimum absolute atomic E-state index is 0.0466. The van der Waals surface area contributed by atoms with E-state index in [4.69, 9.17) is 0 Å². The molecule has 0 spiro atoms. The zero-order valence-electron chi connectivity index (χ0n) is 16.4. The molecule has 6 nitrogen and oxygen atoms in total. The molecule has 28 heavy (non-hydrogen) atoms. The third-order valence-electron chi connectivity index (χ3n) is 4.99. The number of hydrogen-bond donors (Lipinski definition) is 1.